The maximum absolute atomic E-state index is 12.6. The Morgan fingerprint density at radius 3 is 2.46 bits per heavy atom. The monoisotopic (exact) mass is 325 g/mol. The molecule has 0 aliphatic rings. The van der Waals surface area contributed by atoms with Crippen molar-refractivity contribution in [2.75, 3.05) is 0 Å². The predicted octanol–water partition coefficient (Wildman–Crippen LogP) is 4.53. The number of amides is 1. The van der Waals surface area contributed by atoms with E-state index in [0.29, 0.717) is 17.9 Å². The third kappa shape index (κ3) is 4.60. The summed E-state index contributed by atoms with van der Waals surface area (Å²) in [5, 5.41) is 3.04. The van der Waals surface area contributed by atoms with Gasteiger partial charge in [-0.25, -0.2) is 0 Å². The molecule has 0 unspecified atom stereocenters. The molecule has 0 heterocycles. The molecule has 0 saturated heterocycles. The van der Waals surface area contributed by atoms with Gasteiger partial charge in [0.2, 0.25) is 0 Å². The van der Waals surface area contributed by atoms with Crippen LogP contribution in [0.15, 0.2) is 42.5 Å². The van der Waals surface area contributed by atoms with E-state index in [9.17, 15) is 4.79 Å². The van der Waals surface area contributed by atoms with E-state index in [4.69, 9.17) is 4.74 Å². The number of rotatable bonds is 7. The van der Waals surface area contributed by atoms with Gasteiger partial charge in [0.15, 0.2) is 0 Å². The molecule has 2 rings (SSSR count). The Labute approximate surface area is 145 Å². The SMILES string of the molecule is CCc1ccc(CC)c(CNC(=O)c2ccccc2OC(C)C)c1. The van der Waals surface area contributed by atoms with Crippen LogP contribution in [0.2, 0.25) is 0 Å². The average molecular weight is 325 g/mol. The summed E-state index contributed by atoms with van der Waals surface area (Å²) < 4.78 is 5.74. The largest absolute Gasteiger partial charge is 0.490 e. The van der Waals surface area contributed by atoms with E-state index >= 15 is 0 Å². The van der Waals surface area contributed by atoms with Crippen LogP contribution >= 0.6 is 0 Å². The third-order valence-corrected chi connectivity index (χ3v) is 3.99. The minimum absolute atomic E-state index is 0.0341. The summed E-state index contributed by atoms with van der Waals surface area (Å²) in [5.74, 6) is 0.526. The Balaban J connectivity index is 2.14. The molecule has 0 radical (unpaired) electrons. The van der Waals surface area contributed by atoms with Crippen molar-refractivity contribution >= 4 is 5.91 Å². The highest BCUT2D eigenvalue weighted by Gasteiger charge is 2.13. The molecule has 3 heteroatoms. The Morgan fingerprint density at radius 2 is 1.79 bits per heavy atom. The fourth-order valence-electron chi connectivity index (χ4n) is 2.69. The lowest BCUT2D eigenvalue weighted by Crippen LogP contribution is -2.24. The number of aryl methyl sites for hydroxylation is 2. The Hall–Kier alpha value is -2.29. The second kappa shape index (κ2) is 8.53. The first kappa shape index (κ1) is 18.1. The fraction of sp³-hybridized carbons (Fsp3) is 0.381. The lowest BCUT2D eigenvalue weighted by atomic mass is 10.0. The van der Waals surface area contributed by atoms with E-state index in [2.05, 4.69) is 37.4 Å². The average Bonchev–Trinajstić information content (AvgIpc) is 2.59. The second-order valence-electron chi connectivity index (χ2n) is 6.16. The molecule has 1 amide bonds. The first-order valence-electron chi connectivity index (χ1n) is 8.69. The van der Waals surface area contributed by atoms with Crippen molar-refractivity contribution in [1.29, 1.82) is 0 Å². The normalized spacial score (nSPS) is 10.7. The summed E-state index contributed by atoms with van der Waals surface area (Å²) in [4.78, 5) is 12.6. The summed E-state index contributed by atoms with van der Waals surface area (Å²) >= 11 is 0. The van der Waals surface area contributed by atoms with Crippen molar-refractivity contribution in [3.05, 3.63) is 64.7 Å². The highest BCUT2D eigenvalue weighted by molar-refractivity contribution is 5.96. The number of nitrogens with one attached hydrogen (secondary N) is 1. The maximum Gasteiger partial charge on any atom is 0.255 e. The van der Waals surface area contributed by atoms with E-state index in [0.717, 1.165) is 12.8 Å². The Bertz CT molecular complexity index is 692. The zero-order valence-corrected chi connectivity index (χ0v) is 15.1. The molecule has 24 heavy (non-hydrogen) atoms. The topological polar surface area (TPSA) is 38.3 Å². The Morgan fingerprint density at radius 1 is 1.04 bits per heavy atom. The van der Waals surface area contributed by atoms with Crippen LogP contribution in [0.25, 0.3) is 0 Å². The first-order chi connectivity index (χ1) is 11.5. The Kier molecular flexibility index (Phi) is 6.42. The van der Waals surface area contributed by atoms with Gasteiger partial charge >= 0.3 is 0 Å². The van der Waals surface area contributed by atoms with Crippen LogP contribution in [0.4, 0.5) is 0 Å². The highest BCUT2D eigenvalue weighted by atomic mass is 16.5. The van der Waals surface area contributed by atoms with Crippen molar-refractivity contribution in [1.82, 2.24) is 5.32 Å². The second-order valence-corrected chi connectivity index (χ2v) is 6.16. The van der Waals surface area contributed by atoms with Gasteiger partial charge in [-0.05, 0) is 55.5 Å². The lowest BCUT2D eigenvalue weighted by Gasteiger charge is -2.15. The van der Waals surface area contributed by atoms with E-state index in [1.165, 1.54) is 16.7 Å². The zero-order valence-electron chi connectivity index (χ0n) is 15.1. The zero-order chi connectivity index (χ0) is 17.5. The van der Waals surface area contributed by atoms with Gasteiger partial charge in [-0.2, -0.15) is 0 Å². The number of benzene rings is 2. The van der Waals surface area contributed by atoms with Crippen molar-refractivity contribution in [3.8, 4) is 5.75 Å². The van der Waals surface area contributed by atoms with Crippen LogP contribution in [0, 0.1) is 0 Å². The van der Waals surface area contributed by atoms with Crippen LogP contribution in [-0.4, -0.2) is 12.0 Å². The lowest BCUT2D eigenvalue weighted by molar-refractivity contribution is 0.0945. The minimum Gasteiger partial charge on any atom is -0.490 e. The fourth-order valence-corrected chi connectivity index (χ4v) is 2.69. The number of carbonyl (C=O) groups is 1. The van der Waals surface area contributed by atoms with Gasteiger partial charge in [-0.3, -0.25) is 4.79 Å². The van der Waals surface area contributed by atoms with Crippen molar-refractivity contribution in [2.24, 2.45) is 0 Å². The number of ether oxygens (including phenoxy) is 1. The van der Waals surface area contributed by atoms with Gasteiger partial charge in [0.05, 0.1) is 11.7 Å². The molecule has 0 aliphatic heterocycles. The summed E-state index contributed by atoms with van der Waals surface area (Å²) in [6.45, 7) is 8.73. The molecule has 2 aromatic carbocycles. The molecule has 0 aliphatic carbocycles. The molecule has 1 N–H and O–H groups in total. The minimum atomic E-state index is -0.102. The van der Waals surface area contributed by atoms with Crippen LogP contribution in [-0.2, 0) is 19.4 Å². The number of carbonyl (C=O) groups excluding carboxylic acids is 1. The van der Waals surface area contributed by atoms with Gasteiger partial charge in [0.25, 0.3) is 5.91 Å². The van der Waals surface area contributed by atoms with E-state index in [-0.39, 0.29) is 12.0 Å². The summed E-state index contributed by atoms with van der Waals surface area (Å²) in [7, 11) is 0. The molecule has 0 saturated carbocycles. The molecule has 3 nitrogen and oxygen atoms in total. The standard InChI is InChI=1S/C21H27NO2/c1-5-16-11-12-17(6-2)18(13-16)14-22-21(23)19-9-7-8-10-20(19)24-15(3)4/h7-13,15H,5-6,14H2,1-4H3,(H,22,23). The molecule has 0 atom stereocenters. The predicted molar refractivity (Wildman–Crippen MR) is 98.6 cm³/mol. The molecular weight excluding hydrogens is 298 g/mol. The van der Waals surface area contributed by atoms with E-state index in [1.54, 1.807) is 6.07 Å². The van der Waals surface area contributed by atoms with Crippen molar-refractivity contribution < 1.29 is 9.53 Å². The molecule has 128 valence electrons. The number of hydrogen-bond acceptors (Lipinski definition) is 2. The van der Waals surface area contributed by atoms with Crippen LogP contribution in [0.5, 0.6) is 5.75 Å². The summed E-state index contributed by atoms with van der Waals surface area (Å²) in [6, 6.07) is 13.9. The molecule has 0 spiro atoms. The number of para-hydroxylation sites is 1. The van der Waals surface area contributed by atoms with Gasteiger partial charge in [0, 0.05) is 6.54 Å². The van der Waals surface area contributed by atoms with Crippen LogP contribution < -0.4 is 10.1 Å². The quantitative estimate of drug-likeness (QED) is 0.812. The van der Waals surface area contributed by atoms with Gasteiger partial charge < -0.3 is 10.1 Å². The van der Waals surface area contributed by atoms with E-state index in [1.807, 2.05) is 32.0 Å². The molecule has 0 fully saturated rings. The molecular formula is C21H27NO2. The summed E-state index contributed by atoms with van der Waals surface area (Å²) in [6.07, 6.45) is 1.99. The number of hydrogen-bond donors (Lipinski definition) is 1. The van der Waals surface area contributed by atoms with Gasteiger partial charge in [-0.1, -0.05) is 44.2 Å². The molecule has 2 aromatic rings. The van der Waals surface area contributed by atoms with Crippen molar-refractivity contribution in [3.63, 3.8) is 0 Å². The van der Waals surface area contributed by atoms with Crippen molar-refractivity contribution in [2.45, 2.75) is 53.2 Å². The van der Waals surface area contributed by atoms with E-state index < -0.39 is 0 Å². The molecule has 0 bridgehead atoms. The maximum atomic E-state index is 12.6. The molecule has 0 aromatic heterocycles. The van der Waals surface area contributed by atoms with Crippen LogP contribution in [0.3, 0.4) is 0 Å². The van der Waals surface area contributed by atoms with Crippen LogP contribution in [0.1, 0.15) is 54.7 Å². The van der Waals surface area contributed by atoms with Gasteiger partial charge in [-0.15, -0.1) is 0 Å². The first-order valence-corrected chi connectivity index (χ1v) is 8.69. The highest BCUT2D eigenvalue weighted by Crippen LogP contribution is 2.20. The summed E-state index contributed by atoms with van der Waals surface area (Å²) in [5.41, 5.74) is 4.34. The van der Waals surface area contributed by atoms with Gasteiger partial charge in [0.1, 0.15) is 5.75 Å². The third-order valence-electron chi connectivity index (χ3n) is 3.99. The smallest absolute Gasteiger partial charge is 0.255 e.